The molecule has 0 saturated carbocycles. The number of methoxy groups -OCH3 is 1. The zero-order valence-electron chi connectivity index (χ0n) is 20.1. The van der Waals surface area contributed by atoms with Gasteiger partial charge in [-0.3, -0.25) is 9.36 Å². The maximum Gasteiger partial charge on any atom is 0.250 e. The third-order valence-electron chi connectivity index (χ3n) is 5.40. The van der Waals surface area contributed by atoms with E-state index in [1.165, 1.54) is 17.3 Å². The highest BCUT2D eigenvalue weighted by molar-refractivity contribution is 7.99. The standard InChI is InChI=1S/C27H27N5O2S/c1-18-8-12-21(13-9-18)26-30-31-27(32(26)23-14-10-19(2)11-15-23)35-17-25(33)29-28-20(3)22-6-5-7-24(16-22)34-4/h5-16H,17H2,1-4H3,(H,29,33). The Bertz CT molecular complexity index is 1350. The van der Waals surface area contributed by atoms with Gasteiger partial charge in [0.1, 0.15) is 5.75 Å². The van der Waals surface area contributed by atoms with Crippen LogP contribution >= 0.6 is 11.8 Å². The lowest BCUT2D eigenvalue weighted by atomic mass is 10.1. The molecule has 1 amide bonds. The van der Waals surface area contributed by atoms with Crippen molar-refractivity contribution in [1.29, 1.82) is 0 Å². The number of carbonyl (C=O) groups excluding carboxylic acids is 1. The van der Waals surface area contributed by atoms with Crippen LogP contribution in [0.3, 0.4) is 0 Å². The number of nitrogens with one attached hydrogen (secondary N) is 1. The smallest absolute Gasteiger partial charge is 0.250 e. The SMILES string of the molecule is COc1cccc(C(C)=NNC(=O)CSc2nnc(-c3ccc(C)cc3)n2-c2ccc(C)cc2)c1. The summed E-state index contributed by atoms with van der Waals surface area (Å²) in [5.74, 6) is 1.38. The molecule has 0 radical (unpaired) electrons. The van der Waals surface area contributed by atoms with E-state index in [1.54, 1.807) is 7.11 Å². The summed E-state index contributed by atoms with van der Waals surface area (Å²) in [5, 5.41) is 13.7. The maximum atomic E-state index is 12.6. The molecule has 0 aliphatic heterocycles. The zero-order chi connectivity index (χ0) is 24.8. The molecule has 0 aliphatic rings. The van der Waals surface area contributed by atoms with Gasteiger partial charge in [-0.05, 0) is 45.0 Å². The highest BCUT2D eigenvalue weighted by Gasteiger charge is 2.17. The molecule has 1 N–H and O–H groups in total. The molecule has 0 spiro atoms. The van der Waals surface area contributed by atoms with Crippen LogP contribution in [0.1, 0.15) is 23.6 Å². The van der Waals surface area contributed by atoms with Gasteiger partial charge in [-0.25, -0.2) is 5.43 Å². The van der Waals surface area contributed by atoms with Crippen LogP contribution in [0, 0.1) is 13.8 Å². The number of carbonyl (C=O) groups is 1. The number of rotatable bonds is 8. The molecule has 0 aliphatic carbocycles. The van der Waals surface area contributed by atoms with Gasteiger partial charge in [0.05, 0.1) is 18.6 Å². The zero-order valence-corrected chi connectivity index (χ0v) is 21.0. The van der Waals surface area contributed by atoms with Gasteiger partial charge in [-0.15, -0.1) is 10.2 Å². The van der Waals surface area contributed by atoms with E-state index >= 15 is 0 Å². The van der Waals surface area contributed by atoms with Crippen molar-refractivity contribution in [2.45, 2.75) is 25.9 Å². The monoisotopic (exact) mass is 485 g/mol. The van der Waals surface area contributed by atoms with Crippen LogP contribution in [0.25, 0.3) is 17.1 Å². The first-order valence-corrected chi connectivity index (χ1v) is 12.1. The van der Waals surface area contributed by atoms with E-state index in [1.807, 2.05) is 98.1 Å². The lowest BCUT2D eigenvalue weighted by Crippen LogP contribution is -2.21. The van der Waals surface area contributed by atoms with Crippen LogP contribution in [-0.4, -0.2) is 39.2 Å². The van der Waals surface area contributed by atoms with Crippen LogP contribution in [0.2, 0.25) is 0 Å². The molecule has 3 aromatic carbocycles. The van der Waals surface area contributed by atoms with E-state index in [2.05, 4.69) is 20.7 Å². The molecule has 0 saturated heterocycles. The van der Waals surface area contributed by atoms with Gasteiger partial charge in [0.15, 0.2) is 11.0 Å². The lowest BCUT2D eigenvalue weighted by Gasteiger charge is -2.11. The third-order valence-corrected chi connectivity index (χ3v) is 6.33. The van der Waals surface area contributed by atoms with Gasteiger partial charge < -0.3 is 4.74 Å². The molecule has 8 heteroatoms. The average molecular weight is 486 g/mol. The van der Waals surface area contributed by atoms with E-state index in [0.29, 0.717) is 10.9 Å². The van der Waals surface area contributed by atoms with Crippen LogP contribution in [0.15, 0.2) is 83.1 Å². The van der Waals surface area contributed by atoms with Crippen molar-refractivity contribution in [3.63, 3.8) is 0 Å². The van der Waals surface area contributed by atoms with E-state index in [9.17, 15) is 4.79 Å². The molecule has 0 unspecified atom stereocenters. The van der Waals surface area contributed by atoms with Crippen molar-refractivity contribution in [1.82, 2.24) is 20.2 Å². The summed E-state index contributed by atoms with van der Waals surface area (Å²) in [5.41, 5.74) is 8.42. The number of nitrogens with zero attached hydrogens (tertiary/aromatic N) is 4. The van der Waals surface area contributed by atoms with Gasteiger partial charge in [0.25, 0.3) is 5.91 Å². The first kappa shape index (κ1) is 24.2. The molecular weight excluding hydrogens is 458 g/mol. The Morgan fingerprint density at radius 3 is 2.37 bits per heavy atom. The molecule has 1 heterocycles. The fraction of sp³-hybridized carbons (Fsp3) is 0.185. The second-order valence-electron chi connectivity index (χ2n) is 8.10. The number of ether oxygens (including phenoxy) is 1. The highest BCUT2D eigenvalue weighted by atomic mass is 32.2. The molecule has 0 atom stereocenters. The van der Waals surface area contributed by atoms with Gasteiger partial charge >= 0.3 is 0 Å². The number of hydrazone groups is 1. The predicted molar refractivity (Wildman–Crippen MR) is 140 cm³/mol. The molecular formula is C27H27N5O2S. The molecule has 178 valence electrons. The van der Waals surface area contributed by atoms with Crippen LogP contribution < -0.4 is 10.2 Å². The van der Waals surface area contributed by atoms with Gasteiger partial charge in [-0.2, -0.15) is 5.10 Å². The number of aryl methyl sites for hydroxylation is 2. The topological polar surface area (TPSA) is 81.4 Å². The number of hydrogen-bond donors (Lipinski definition) is 1. The summed E-state index contributed by atoms with van der Waals surface area (Å²) in [6, 6.07) is 23.8. The van der Waals surface area contributed by atoms with Crippen LogP contribution in [0.4, 0.5) is 0 Å². The minimum atomic E-state index is -0.229. The summed E-state index contributed by atoms with van der Waals surface area (Å²) < 4.78 is 7.23. The van der Waals surface area contributed by atoms with Crippen molar-refractivity contribution >= 4 is 23.4 Å². The average Bonchev–Trinajstić information content (AvgIpc) is 3.30. The number of thioether (sulfide) groups is 1. The van der Waals surface area contributed by atoms with Gasteiger partial charge in [0, 0.05) is 16.8 Å². The van der Waals surface area contributed by atoms with Crippen molar-refractivity contribution < 1.29 is 9.53 Å². The molecule has 0 bridgehead atoms. The minimum Gasteiger partial charge on any atom is -0.497 e. The number of amides is 1. The Morgan fingerprint density at radius 1 is 1.00 bits per heavy atom. The molecule has 7 nitrogen and oxygen atoms in total. The fourth-order valence-electron chi connectivity index (χ4n) is 3.40. The molecule has 4 rings (SSSR count). The highest BCUT2D eigenvalue weighted by Crippen LogP contribution is 2.28. The summed E-state index contributed by atoms with van der Waals surface area (Å²) in [4.78, 5) is 12.6. The lowest BCUT2D eigenvalue weighted by molar-refractivity contribution is -0.118. The fourth-order valence-corrected chi connectivity index (χ4v) is 4.15. The summed E-state index contributed by atoms with van der Waals surface area (Å²) in [6.45, 7) is 5.93. The Labute approximate surface area is 209 Å². The number of aromatic nitrogens is 3. The molecule has 1 aromatic heterocycles. The molecule has 0 fully saturated rings. The quantitative estimate of drug-likeness (QED) is 0.211. The van der Waals surface area contributed by atoms with Crippen molar-refractivity contribution in [3.05, 3.63) is 89.5 Å². The van der Waals surface area contributed by atoms with E-state index in [-0.39, 0.29) is 11.7 Å². The second kappa shape index (κ2) is 11.0. The third kappa shape index (κ3) is 5.96. The van der Waals surface area contributed by atoms with Crippen molar-refractivity contribution in [2.24, 2.45) is 5.10 Å². The Morgan fingerprint density at radius 2 is 1.69 bits per heavy atom. The normalized spacial score (nSPS) is 11.4. The molecule has 4 aromatic rings. The maximum absolute atomic E-state index is 12.6. The summed E-state index contributed by atoms with van der Waals surface area (Å²) >= 11 is 1.31. The minimum absolute atomic E-state index is 0.146. The Hall–Kier alpha value is -3.91. The van der Waals surface area contributed by atoms with E-state index in [0.717, 1.165) is 34.0 Å². The predicted octanol–water partition coefficient (Wildman–Crippen LogP) is 5.19. The van der Waals surface area contributed by atoms with Gasteiger partial charge in [-0.1, -0.05) is 71.4 Å². The van der Waals surface area contributed by atoms with Crippen LogP contribution in [-0.2, 0) is 4.79 Å². The number of hydrogen-bond acceptors (Lipinski definition) is 6. The van der Waals surface area contributed by atoms with Crippen molar-refractivity contribution in [3.8, 4) is 22.8 Å². The summed E-state index contributed by atoms with van der Waals surface area (Å²) in [7, 11) is 1.62. The van der Waals surface area contributed by atoms with Crippen LogP contribution in [0.5, 0.6) is 5.75 Å². The molecule has 35 heavy (non-hydrogen) atoms. The number of benzene rings is 3. The van der Waals surface area contributed by atoms with Crippen molar-refractivity contribution in [2.75, 3.05) is 12.9 Å². The first-order chi connectivity index (χ1) is 16.9. The largest absolute Gasteiger partial charge is 0.497 e. The Balaban J connectivity index is 1.52. The van der Waals surface area contributed by atoms with E-state index < -0.39 is 0 Å². The van der Waals surface area contributed by atoms with E-state index in [4.69, 9.17) is 4.74 Å². The first-order valence-electron chi connectivity index (χ1n) is 11.1. The Kier molecular flexibility index (Phi) is 7.62. The second-order valence-corrected chi connectivity index (χ2v) is 9.04. The van der Waals surface area contributed by atoms with Gasteiger partial charge in [0.2, 0.25) is 0 Å². The summed E-state index contributed by atoms with van der Waals surface area (Å²) in [6.07, 6.45) is 0.